The molecule has 0 unspecified atom stereocenters. The fraction of sp³-hybridized carbons (Fsp3) is 0.435. The van der Waals surface area contributed by atoms with Gasteiger partial charge in [-0.3, -0.25) is 14.3 Å². The number of thiophene rings is 1. The van der Waals surface area contributed by atoms with Crippen molar-refractivity contribution >= 4 is 45.0 Å². The molecule has 4 rings (SSSR count). The Morgan fingerprint density at radius 3 is 2.58 bits per heavy atom. The number of carbonyl (C=O) groups is 2. The van der Waals surface area contributed by atoms with Gasteiger partial charge in [-0.25, -0.2) is 0 Å². The minimum absolute atomic E-state index is 0.119. The summed E-state index contributed by atoms with van der Waals surface area (Å²) in [6.45, 7) is 3.45. The van der Waals surface area contributed by atoms with Crippen LogP contribution in [-0.2, 0) is 11.3 Å². The fourth-order valence-electron chi connectivity index (χ4n) is 4.05. The molecule has 8 heteroatoms. The van der Waals surface area contributed by atoms with Gasteiger partial charge in [0.25, 0.3) is 5.91 Å². The first-order valence-corrected chi connectivity index (χ1v) is 12.0. The topological polar surface area (TPSA) is 76.0 Å². The van der Waals surface area contributed by atoms with Gasteiger partial charge in [0.1, 0.15) is 4.83 Å². The molecule has 2 heterocycles. The van der Waals surface area contributed by atoms with Crippen molar-refractivity contribution < 1.29 is 9.59 Å². The second kappa shape index (κ2) is 9.83. The van der Waals surface area contributed by atoms with Crippen molar-refractivity contribution in [3.05, 3.63) is 51.5 Å². The maximum Gasteiger partial charge on any atom is 0.261 e. The van der Waals surface area contributed by atoms with E-state index >= 15 is 0 Å². The lowest BCUT2D eigenvalue weighted by molar-refractivity contribution is -0.125. The van der Waals surface area contributed by atoms with Gasteiger partial charge in [-0.15, -0.1) is 11.3 Å². The molecule has 2 N–H and O–H groups in total. The van der Waals surface area contributed by atoms with Gasteiger partial charge < -0.3 is 10.6 Å². The van der Waals surface area contributed by atoms with E-state index in [0.29, 0.717) is 29.5 Å². The lowest BCUT2D eigenvalue weighted by Crippen LogP contribution is -2.38. The predicted octanol–water partition coefficient (Wildman–Crippen LogP) is 4.53. The standard InChI is InChI=1S/C23H27ClN4O2S/c1-15-19-13-20(22(30)26-12-11-25-21(29)17-5-3-2-4-6-17)31-23(19)28(27-15)14-16-7-9-18(24)10-8-16/h7-10,13,17H,2-6,11-12,14H2,1H3,(H,25,29)(H,26,30). The molecule has 1 aromatic carbocycles. The van der Waals surface area contributed by atoms with E-state index in [1.165, 1.54) is 17.8 Å². The number of nitrogens with one attached hydrogen (secondary N) is 2. The van der Waals surface area contributed by atoms with Crippen molar-refractivity contribution in [2.45, 2.75) is 45.6 Å². The highest BCUT2D eigenvalue weighted by Crippen LogP contribution is 2.29. The number of nitrogens with zero attached hydrogens (tertiary/aromatic N) is 2. The molecule has 2 aromatic heterocycles. The number of aryl methyl sites for hydroxylation is 1. The average Bonchev–Trinajstić information content (AvgIpc) is 3.34. The third-order valence-electron chi connectivity index (χ3n) is 5.76. The number of fused-ring (bicyclic) bond motifs is 1. The van der Waals surface area contributed by atoms with Crippen LogP contribution >= 0.6 is 22.9 Å². The Morgan fingerprint density at radius 2 is 1.84 bits per heavy atom. The van der Waals surface area contributed by atoms with Gasteiger partial charge in [-0.05, 0) is 43.5 Å². The summed E-state index contributed by atoms with van der Waals surface area (Å²) < 4.78 is 1.93. The summed E-state index contributed by atoms with van der Waals surface area (Å²) in [4.78, 5) is 26.4. The van der Waals surface area contributed by atoms with Crippen LogP contribution < -0.4 is 10.6 Å². The van der Waals surface area contributed by atoms with Gasteiger partial charge in [0.2, 0.25) is 5.91 Å². The van der Waals surface area contributed by atoms with Crippen LogP contribution in [0.5, 0.6) is 0 Å². The molecule has 1 fully saturated rings. The van der Waals surface area contributed by atoms with Crippen LogP contribution in [0.2, 0.25) is 5.02 Å². The maximum atomic E-state index is 12.6. The second-order valence-electron chi connectivity index (χ2n) is 8.08. The highest BCUT2D eigenvalue weighted by Gasteiger charge is 2.21. The molecule has 0 bridgehead atoms. The van der Waals surface area contributed by atoms with Gasteiger partial charge in [0.15, 0.2) is 0 Å². The molecule has 1 aliphatic rings. The molecule has 2 amide bonds. The zero-order valence-corrected chi connectivity index (χ0v) is 19.2. The van der Waals surface area contributed by atoms with E-state index in [9.17, 15) is 9.59 Å². The molecular weight excluding hydrogens is 432 g/mol. The predicted molar refractivity (Wildman–Crippen MR) is 125 cm³/mol. The first-order chi connectivity index (χ1) is 15.0. The zero-order valence-electron chi connectivity index (χ0n) is 17.6. The summed E-state index contributed by atoms with van der Waals surface area (Å²) in [5.74, 6) is 0.137. The smallest absolute Gasteiger partial charge is 0.261 e. The molecule has 1 aliphatic carbocycles. The summed E-state index contributed by atoms with van der Waals surface area (Å²) in [6.07, 6.45) is 5.45. The van der Waals surface area contributed by atoms with Gasteiger partial charge in [0, 0.05) is 29.4 Å². The summed E-state index contributed by atoms with van der Waals surface area (Å²) in [5, 5.41) is 12.2. The number of rotatable bonds is 7. The lowest BCUT2D eigenvalue weighted by atomic mass is 9.89. The number of halogens is 1. The first kappa shape index (κ1) is 21.8. The Labute approximate surface area is 191 Å². The number of amides is 2. The molecule has 1 saturated carbocycles. The van der Waals surface area contributed by atoms with Crippen molar-refractivity contribution in [2.24, 2.45) is 5.92 Å². The van der Waals surface area contributed by atoms with Crippen LogP contribution in [0, 0.1) is 12.8 Å². The Morgan fingerprint density at radius 1 is 1.13 bits per heavy atom. The Hall–Kier alpha value is -2.38. The number of aromatic nitrogens is 2. The minimum Gasteiger partial charge on any atom is -0.354 e. The number of hydrogen-bond donors (Lipinski definition) is 2. The SMILES string of the molecule is Cc1nn(Cc2ccc(Cl)cc2)c2sc(C(=O)NCCNC(=O)C3CCCCC3)cc12. The second-order valence-corrected chi connectivity index (χ2v) is 9.55. The van der Waals surface area contributed by atoms with Crippen LogP contribution in [0.3, 0.4) is 0 Å². The molecule has 0 radical (unpaired) electrons. The third kappa shape index (κ3) is 5.28. The van der Waals surface area contributed by atoms with E-state index in [1.54, 1.807) is 0 Å². The van der Waals surface area contributed by atoms with Gasteiger partial charge in [-0.1, -0.05) is 43.0 Å². The highest BCUT2D eigenvalue weighted by molar-refractivity contribution is 7.20. The zero-order chi connectivity index (χ0) is 21.8. The number of hydrogen-bond acceptors (Lipinski definition) is 4. The minimum atomic E-state index is -0.120. The average molecular weight is 459 g/mol. The Balaban J connectivity index is 1.34. The van der Waals surface area contributed by atoms with Crippen molar-refractivity contribution in [3.63, 3.8) is 0 Å². The largest absolute Gasteiger partial charge is 0.354 e. The van der Waals surface area contributed by atoms with E-state index in [-0.39, 0.29) is 17.7 Å². The summed E-state index contributed by atoms with van der Waals surface area (Å²) in [5.41, 5.74) is 2.00. The van der Waals surface area contributed by atoms with Crippen LogP contribution in [-0.4, -0.2) is 34.7 Å². The van der Waals surface area contributed by atoms with Crippen molar-refractivity contribution in [1.82, 2.24) is 20.4 Å². The van der Waals surface area contributed by atoms with E-state index in [0.717, 1.165) is 47.2 Å². The molecule has 6 nitrogen and oxygen atoms in total. The van der Waals surface area contributed by atoms with E-state index in [2.05, 4.69) is 15.7 Å². The molecule has 3 aromatic rings. The van der Waals surface area contributed by atoms with Crippen LogP contribution in [0.1, 0.15) is 53.0 Å². The number of benzene rings is 1. The maximum absolute atomic E-state index is 12.6. The van der Waals surface area contributed by atoms with Crippen molar-refractivity contribution in [2.75, 3.05) is 13.1 Å². The van der Waals surface area contributed by atoms with Crippen LogP contribution in [0.25, 0.3) is 10.2 Å². The monoisotopic (exact) mass is 458 g/mol. The molecule has 0 saturated heterocycles. The molecule has 0 atom stereocenters. The van der Waals surface area contributed by atoms with E-state index in [4.69, 9.17) is 11.6 Å². The molecular formula is C23H27ClN4O2S. The van der Waals surface area contributed by atoms with Crippen molar-refractivity contribution in [3.8, 4) is 0 Å². The number of carbonyl (C=O) groups excluding carboxylic acids is 2. The van der Waals surface area contributed by atoms with Gasteiger partial charge >= 0.3 is 0 Å². The molecule has 0 spiro atoms. The summed E-state index contributed by atoms with van der Waals surface area (Å²) in [7, 11) is 0. The molecule has 164 valence electrons. The summed E-state index contributed by atoms with van der Waals surface area (Å²) >= 11 is 7.41. The Bertz CT molecular complexity index is 1070. The quantitative estimate of drug-likeness (QED) is 0.510. The molecule has 0 aliphatic heterocycles. The van der Waals surface area contributed by atoms with Gasteiger partial charge in [-0.2, -0.15) is 5.10 Å². The van der Waals surface area contributed by atoms with E-state index < -0.39 is 0 Å². The highest BCUT2D eigenvalue weighted by atomic mass is 35.5. The Kier molecular flexibility index (Phi) is 6.92. The van der Waals surface area contributed by atoms with Crippen LogP contribution in [0.15, 0.2) is 30.3 Å². The molecule has 31 heavy (non-hydrogen) atoms. The first-order valence-electron chi connectivity index (χ1n) is 10.8. The van der Waals surface area contributed by atoms with Crippen molar-refractivity contribution in [1.29, 1.82) is 0 Å². The normalized spacial score (nSPS) is 14.6. The van der Waals surface area contributed by atoms with Crippen LogP contribution in [0.4, 0.5) is 0 Å². The summed E-state index contributed by atoms with van der Waals surface area (Å²) in [6, 6.07) is 9.59. The lowest BCUT2D eigenvalue weighted by Gasteiger charge is -2.20. The van der Waals surface area contributed by atoms with E-state index in [1.807, 2.05) is 41.9 Å². The van der Waals surface area contributed by atoms with Gasteiger partial charge in [0.05, 0.1) is 17.1 Å². The fourth-order valence-corrected chi connectivity index (χ4v) is 5.26. The third-order valence-corrected chi connectivity index (χ3v) is 7.16.